The molecule has 0 saturated heterocycles. The van der Waals surface area contributed by atoms with Crippen LogP contribution in [0.3, 0.4) is 0 Å². The van der Waals surface area contributed by atoms with Gasteiger partial charge in [-0.1, -0.05) is 0 Å². The van der Waals surface area contributed by atoms with Crippen LogP contribution in [0.25, 0.3) is 0 Å². The van der Waals surface area contributed by atoms with E-state index in [0.717, 1.165) is 0 Å². The van der Waals surface area contributed by atoms with Crippen molar-refractivity contribution in [2.24, 2.45) is 5.73 Å². The SMILES string of the molecule is C#CCC(C)NC(N)=O. The maximum atomic E-state index is 10.1. The largest absolute Gasteiger partial charge is 0.352 e. The van der Waals surface area contributed by atoms with Crippen LogP contribution < -0.4 is 11.1 Å². The molecule has 0 aliphatic carbocycles. The van der Waals surface area contributed by atoms with Gasteiger partial charge in [-0.05, 0) is 6.92 Å². The zero-order valence-electron chi connectivity index (χ0n) is 5.35. The molecule has 9 heavy (non-hydrogen) atoms. The number of rotatable bonds is 2. The van der Waals surface area contributed by atoms with E-state index in [4.69, 9.17) is 12.2 Å². The number of urea groups is 1. The Kier molecular flexibility index (Phi) is 3.29. The van der Waals surface area contributed by atoms with Crippen LogP contribution in [0.2, 0.25) is 0 Å². The molecule has 1 atom stereocenters. The van der Waals surface area contributed by atoms with Crippen molar-refractivity contribution in [3.63, 3.8) is 0 Å². The van der Waals surface area contributed by atoms with Crippen molar-refractivity contribution in [1.82, 2.24) is 5.32 Å². The van der Waals surface area contributed by atoms with Crippen molar-refractivity contribution in [1.29, 1.82) is 0 Å². The molecule has 0 bridgehead atoms. The minimum atomic E-state index is -0.530. The van der Waals surface area contributed by atoms with Gasteiger partial charge in [-0.3, -0.25) is 0 Å². The van der Waals surface area contributed by atoms with Crippen molar-refractivity contribution < 1.29 is 4.79 Å². The van der Waals surface area contributed by atoms with Gasteiger partial charge in [0.1, 0.15) is 0 Å². The lowest BCUT2D eigenvalue weighted by Gasteiger charge is -2.06. The number of carbonyl (C=O) groups is 1. The molecule has 0 rings (SSSR count). The molecule has 0 aliphatic rings. The summed E-state index contributed by atoms with van der Waals surface area (Å²) in [6, 6.07) is -0.551. The summed E-state index contributed by atoms with van der Waals surface area (Å²) in [6.07, 6.45) is 5.48. The molecule has 2 amide bonds. The number of nitrogens with one attached hydrogen (secondary N) is 1. The van der Waals surface area contributed by atoms with Crippen molar-refractivity contribution in [3.05, 3.63) is 0 Å². The number of primary amides is 1. The third kappa shape index (κ3) is 4.69. The maximum Gasteiger partial charge on any atom is 0.312 e. The fourth-order valence-electron chi connectivity index (χ4n) is 0.471. The van der Waals surface area contributed by atoms with E-state index in [1.54, 1.807) is 6.92 Å². The molecular formula is C6H10N2O. The lowest BCUT2D eigenvalue weighted by atomic mass is 10.2. The van der Waals surface area contributed by atoms with Crippen LogP contribution in [-0.4, -0.2) is 12.1 Å². The topological polar surface area (TPSA) is 55.1 Å². The van der Waals surface area contributed by atoms with Gasteiger partial charge in [0.15, 0.2) is 0 Å². The first-order valence-corrected chi connectivity index (χ1v) is 2.66. The van der Waals surface area contributed by atoms with E-state index in [0.29, 0.717) is 6.42 Å². The average Bonchev–Trinajstić information content (AvgIpc) is 1.63. The first-order chi connectivity index (χ1) is 4.16. The molecule has 3 heteroatoms. The zero-order chi connectivity index (χ0) is 7.28. The van der Waals surface area contributed by atoms with Crippen LogP contribution in [-0.2, 0) is 0 Å². The first kappa shape index (κ1) is 7.83. The average molecular weight is 126 g/mol. The third-order valence-electron chi connectivity index (χ3n) is 0.813. The molecule has 3 N–H and O–H groups in total. The smallest absolute Gasteiger partial charge is 0.312 e. The highest BCUT2D eigenvalue weighted by molar-refractivity contribution is 5.71. The second-order valence-corrected chi connectivity index (χ2v) is 1.82. The van der Waals surface area contributed by atoms with Crippen LogP contribution >= 0.6 is 0 Å². The van der Waals surface area contributed by atoms with E-state index in [9.17, 15) is 4.79 Å². The number of hydrogen-bond donors (Lipinski definition) is 2. The Morgan fingerprint density at radius 3 is 2.89 bits per heavy atom. The molecule has 0 aromatic carbocycles. The predicted molar refractivity (Wildman–Crippen MR) is 35.6 cm³/mol. The molecule has 0 spiro atoms. The van der Waals surface area contributed by atoms with Crippen LogP contribution in [0.15, 0.2) is 0 Å². The summed E-state index contributed by atoms with van der Waals surface area (Å²) in [5.74, 6) is 2.40. The van der Waals surface area contributed by atoms with Crippen molar-refractivity contribution >= 4 is 6.03 Å². The number of hydrogen-bond acceptors (Lipinski definition) is 1. The van der Waals surface area contributed by atoms with Gasteiger partial charge in [-0.2, -0.15) is 0 Å². The second kappa shape index (κ2) is 3.79. The number of terminal acetylenes is 1. The Labute approximate surface area is 54.6 Å². The zero-order valence-corrected chi connectivity index (χ0v) is 5.35. The summed E-state index contributed by atoms with van der Waals surface area (Å²) in [5.41, 5.74) is 4.80. The quantitative estimate of drug-likeness (QED) is 0.505. The van der Waals surface area contributed by atoms with E-state index < -0.39 is 6.03 Å². The predicted octanol–water partition coefficient (Wildman–Crippen LogP) is 0.0665. The van der Waals surface area contributed by atoms with Gasteiger partial charge >= 0.3 is 6.03 Å². The monoisotopic (exact) mass is 126 g/mol. The summed E-state index contributed by atoms with van der Waals surface area (Å²) in [4.78, 5) is 10.1. The molecule has 0 aromatic heterocycles. The molecule has 1 unspecified atom stereocenters. The van der Waals surface area contributed by atoms with E-state index >= 15 is 0 Å². The van der Waals surface area contributed by atoms with Gasteiger partial charge in [0, 0.05) is 12.5 Å². The number of amides is 2. The van der Waals surface area contributed by atoms with Gasteiger partial charge in [0.05, 0.1) is 0 Å². The number of carbonyl (C=O) groups excluding carboxylic acids is 1. The van der Waals surface area contributed by atoms with E-state index in [-0.39, 0.29) is 6.04 Å². The van der Waals surface area contributed by atoms with Gasteiger partial charge in [0.25, 0.3) is 0 Å². The lowest BCUT2D eigenvalue weighted by molar-refractivity contribution is 0.246. The molecule has 0 heterocycles. The van der Waals surface area contributed by atoms with Crippen molar-refractivity contribution in [2.45, 2.75) is 19.4 Å². The van der Waals surface area contributed by atoms with Gasteiger partial charge < -0.3 is 11.1 Å². The fraction of sp³-hybridized carbons (Fsp3) is 0.500. The minimum absolute atomic E-state index is 0.0208. The third-order valence-corrected chi connectivity index (χ3v) is 0.813. The highest BCUT2D eigenvalue weighted by Gasteiger charge is 1.99. The summed E-state index contributed by atoms with van der Waals surface area (Å²) < 4.78 is 0. The molecular weight excluding hydrogens is 116 g/mol. The lowest BCUT2D eigenvalue weighted by Crippen LogP contribution is -2.36. The van der Waals surface area contributed by atoms with E-state index in [2.05, 4.69) is 11.2 Å². The van der Waals surface area contributed by atoms with Gasteiger partial charge in [0.2, 0.25) is 0 Å². The molecule has 3 nitrogen and oxygen atoms in total. The summed E-state index contributed by atoms with van der Waals surface area (Å²) >= 11 is 0. The molecule has 0 aromatic rings. The van der Waals surface area contributed by atoms with Crippen LogP contribution in [0.4, 0.5) is 4.79 Å². The van der Waals surface area contributed by atoms with Crippen LogP contribution in [0.5, 0.6) is 0 Å². The summed E-state index contributed by atoms with van der Waals surface area (Å²) in [6.45, 7) is 1.80. The van der Waals surface area contributed by atoms with Gasteiger partial charge in [-0.25, -0.2) is 4.79 Å². The molecule has 0 saturated carbocycles. The standard InChI is InChI=1S/C6H10N2O/c1-3-4-5(2)8-6(7)9/h1,5H,4H2,2H3,(H3,7,8,9). The fourth-order valence-corrected chi connectivity index (χ4v) is 0.471. The summed E-state index contributed by atoms with van der Waals surface area (Å²) in [5, 5.41) is 2.44. The molecule has 0 radical (unpaired) electrons. The van der Waals surface area contributed by atoms with Gasteiger partial charge in [-0.15, -0.1) is 12.3 Å². The Hall–Kier alpha value is -1.17. The first-order valence-electron chi connectivity index (χ1n) is 2.66. The Balaban J connectivity index is 3.40. The second-order valence-electron chi connectivity index (χ2n) is 1.82. The Bertz CT molecular complexity index is 136. The van der Waals surface area contributed by atoms with E-state index in [1.165, 1.54) is 0 Å². The molecule has 0 fully saturated rings. The maximum absolute atomic E-state index is 10.1. The minimum Gasteiger partial charge on any atom is -0.352 e. The Morgan fingerprint density at radius 1 is 2.00 bits per heavy atom. The highest BCUT2D eigenvalue weighted by Crippen LogP contribution is 1.85. The van der Waals surface area contributed by atoms with Crippen molar-refractivity contribution in [2.75, 3.05) is 0 Å². The molecule has 0 aliphatic heterocycles. The van der Waals surface area contributed by atoms with Crippen LogP contribution in [0.1, 0.15) is 13.3 Å². The highest BCUT2D eigenvalue weighted by atomic mass is 16.2. The van der Waals surface area contributed by atoms with E-state index in [1.807, 2.05) is 0 Å². The van der Waals surface area contributed by atoms with Crippen molar-refractivity contribution in [3.8, 4) is 12.3 Å². The number of nitrogens with two attached hydrogens (primary N) is 1. The van der Waals surface area contributed by atoms with Crippen LogP contribution in [0, 0.1) is 12.3 Å². The molecule has 50 valence electrons. The summed E-state index contributed by atoms with van der Waals surface area (Å²) in [7, 11) is 0. The Morgan fingerprint density at radius 2 is 2.56 bits per heavy atom. The normalized spacial score (nSPS) is 11.6.